The molecule has 0 unspecified atom stereocenters. The third-order valence-electron chi connectivity index (χ3n) is 4.32. The number of nitrogens with zero attached hydrogens (tertiary/aromatic N) is 1. The first-order valence-electron chi connectivity index (χ1n) is 9.18. The zero-order valence-corrected chi connectivity index (χ0v) is 19.1. The Balaban J connectivity index is 1.49. The molecule has 3 aromatic carbocycles. The van der Waals surface area contributed by atoms with Crippen LogP contribution in [-0.2, 0) is 0 Å². The standard InChI is InChI=1S/C23H15BrClN3O2S/c24-16-9-10-19(25)18(12-16)22(30)26-17-8-4-7-15(11-17)23-28-20(13-31-23)27-21(29)14-5-2-1-3-6-14/h1-13H,(H,26,30)(H,27,29). The van der Waals surface area contributed by atoms with Crippen molar-refractivity contribution in [3.8, 4) is 10.6 Å². The van der Waals surface area contributed by atoms with Crippen LogP contribution >= 0.6 is 38.9 Å². The van der Waals surface area contributed by atoms with Gasteiger partial charge >= 0.3 is 0 Å². The molecule has 1 aromatic heterocycles. The van der Waals surface area contributed by atoms with E-state index >= 15 is 0 Å². The summed E-state index contributed by atoms with van der Waals surface area (Å²) in [6.07, 6.45) is 0. The number of carbonyl (C=O) groups is 2. The normalized spacial score (nSPS) is 10.5. The van der Waals surface area contributed by atoms with Crippen molar-refractivity contribution in [2.45, 2.75) is 0 Å². The molecule has 154 valence electrons. The first-order chi connectivity index (χ1) is 15.0. The number of aromatic nitrogens is 1. The summed E-state index contributed by atoms with van der Waals surface area (Å²) in [5, 5.41) is 8.53. The highest BCUT2D eigenvalue weighted by Crippen LogP contribution is 2.29. The molecule has 4 rings (SSSR count). The molecule has 5 nitrogen and oxygen atoms in total. The van der Waals surface area contributed by atoms with Gasteiger partial charge in [-0.15, -0.1) is 11.3 Å². The number of carbonyl (C=O) groups excluding carboxylic acids is 2. The van der Waals surface area contributed by atoms with Crippen molar-refractivity contribution in [1.29, 1.82) is 0 Å². The minimum absolute atomic E-state index is 0.218. The van der Waals surface area contributed by atoms with E-state index in [1.165, 1.54) is 11.3 Å². The first kappa shape index (κ1) is 21.2. The van der Waals surface area contributed by atoms with Crippen LogP contribution in [0.15, 0.2) is 82.6 Å². The van der Waals surface area contributed by atoms with Gasteiger partial charge in [0.05, 0.1) is 10.6 Å². The molecule has 31 heavy (non-hydrogen) atoms. The van der Waals surface area contributed by atoms with E-state index in [0.29, 0.717) is 27.7 Å². The number of halogens is 2. The second-order valence-electron chi connectivity index (χ2n) is 6.52. The molecule has 0 radical (unpaired) electrons. The molecule has 0 atom stereocenters. The van der Waals surface area contributed by atoms with Gasteiger partial charge in [0.25, 0.3) is 11.8 Å². The highest BCUT2D eigenvalue weighted by atomic mass is 79.9. The molecule has 0 fully saturated rings. The van der Waals surface area contributed by atoms with Gasteiger partial charge in [-0.05, 0) is 42.5 Å². The fourth-order valence-corrected chi connectivity index (χ4v) is 4.16. The Morgan fingerprint density at radius 1 is 0.903 bits per heavy atom. The van der Waals surface area contributed by atoms with Crippen molar-refractivity contribution in [3.05, 3.63) is 98.8 Å². The van der Waals surface area contributed by atoms with Gasteiger partial charge in [-0.3, -0.25) is 9.59 Å². The maximum Gasteiger partial charge on any atom is 0.257 e. The predicted molar refractivity (Wildman–Crippen MR) is 129 cm³/mol. The molecule has 2 amide bonds. The summed E-state index contributed by atoms with van der Waals surface area (Å²) >= 11 is 10.9. The van der Waals surface area contributed by atoms with E-state index in [2.05, 4.69) is 31.5 Å². The van der Waals surface area contributed by atoms with Gasteiger partial charge < -0.3 is 10.6 Å². The van der Waals surface area contributed by atoms with E-state index in [0.717, 1.165) is 15.0 Å². The van der Waals surface area contributed by atoms with Crippen molar-refractivity contribution < 1.29 is 9.59 Å². The van der Waals surface area contributed by atoms with Crippen LogP contribution in [0.25, 0.3) is 10.6 Å². The minimum atomic E-state index is -0.307. The third-order valence-corrected chi connectivity index (χ3v) is 6.04. The lowest BCUT2D eigenvalue weighted by Gasteiger charge is -2.08. The van der Waals surface area contributed by atoms with Crippen LogP contribution in [-0.4, -0.2) is 16.8 Å². The predicted octanol–water partition coefficient (Wildman–Crippen LogP) is 6.73. The van der Waals surface area contributed by atoms with E-state index in [4.69, 9.17) is 11.6 Å². The zero-order chi connectivity index (χ0) is 21.8. The third kappa shape index (κ3) is 5.19. The topological polar surface area (TPSA) is 71.1 Å². The van der Waals surface area contributed by atoms with Crippen molar-refractivity contribution >= 4 is 62.2 Å². The molecule has 0 aliphatic rings. The highest BCUT2D eigenvalue weighted by Gasteiger charge is 2.13. The van der Waals surface area contributed by atoms with Crippen LogP contribution in [0.5, 0.6) is 0 Å². The maximum absolute atomic E-state index is 12.6. The summed E-state index contributed by atoms with van der Waals surface area (Å²) in [5.41, 5.74) is 2.38. The van der Waals surface area contributed by atoms with Gasteiger partial charge in [0.15, 0.2) is 0 Å². The van der Waals surface area contributed by atoms with Gasteiger partial charge in [0.1, 0.15) is 10.8 Å². The smallest absolute Gasteiger partial charge is 0.257 e. The van der Waals surface area contributed by atoms with Crippen LogP contribution in [0, 0.1) is 0 Å². The molecule has 0 bridgehead atoms. The van der Waals surface area contributed by atoms with Crippen LogP contribution in [0.2, 0.25) is 5.02 Å². The number of amides is 2. The van der Waals surface area contributed by atoms with Gasteiger partial charge in [0.2, 0.25) is 0 Å². The molecule has 2 N–H and O–H groups in total. The lowest BCUT2D eigenvalue weighted by molar-refractivity contribution is 0.101. The van der Waals surface area contributed by atoms with Crippen molar-refractivity contribution in [3.63, 3.8) is 0 Å². The second kappa shape index (κ2) is 9.43. The average Bonchev–Trinajstić information content (AvgIpc) is 3.24. The number of rotatable bonds is 5. The number of hydrogen-bond donors (Lipinski definition) is 2. The number of hydrogen-bond acceptors (Lipinski definition) is 4. The second-order valence-corrected chi connectivity index (χ2v) is 8.70. The van der Waals surface area contributed by atoms with Gasteiger partial charge in [0, 0.05) is 26.7 Å². The van der Waals surface area contributed by atoms with Crippen molar-refractivity contribution in [1.82, 2.24) is 4.98 Å². The largest absolute Gasteiger partial charge is 0.322 e. The lowest BCUT2D eigenvalue weighted by atomic mass is 10.2. The monoisotopic (exact) mass is 511 g/mol. The zero-order valence-electron chi connectivity index (χ0n) is 15.9. The van der Waals surface area contributed by atoms with Crippen LogP contribution in [0.1, 0.15) is 20.7 Å². The molecule has 4 aromatic rings. The average molecular weight is 513 g/mol. The molecule has 1 heterocycles. The summed E-state index contributed by atoms with van der Waals surface area (Å²) < 4.78 is 0.767. The molecular weight excluding hydrogens is 498 g/mol. The van der Waals surface area contributed by atoms with E-state index in [9.17, 15) is 9.59 Å². The summed E-state index contributed by atoms with van der Waals surface area (Å²) in [6.45, 7) is 0. The van der Waals surface area contributed by atoms with Crippen LogP contribution in [0.4, 0.5) is 11.5 Å². The Morgan fingerprint density at radius 3 is 2.52 bits per heavy atom. The van der Waals surface area contributed by atoms with E-state index in [1.807, 2.05) is 36.4 Å². The number of anilines is 2. The van der Waals surface area contributed by atoms with Gasteiger partial charge in [-0.2, -0.15) is 0 Å². The molecule has 0 aliphatic carbocycles. The Bertz CT molecular complexity index is 1260. The molecular formula is C23H15BrClN3O2S. The Labute approximate surface area is 196 Å². The fraction of sp³-hybridized carbons (Fsp3) is 0. The van der Waals surface area contributed by atoms with Crippen LogP contribution in [0.3, 0.4) is 0 Å². The molecule has 0 saturated carbocycles. The lowest BCUT2D eigenvalue weighted by Crippen LogP contribution is -2.12. The van der Waals surface area contributed by atoms with E-state index in [-0.39, 0.29) is 11.8 Å². The number of nitrogens with one attached hydrogen (secondary N) is 2. The quantitative estimate of drug-likeness (QED) is 0.311. The van der Waals surface area contributed by atoms with E-state index in [1.54, 1.807) is 41.8 Å². The maximum atomic E-state index is 12.6. The highest BCUT2D eigenvalue weighted by molar-refractivity contribution is 9.10. The Hall–Kier alpha value is -3.00. The molecule has 0 saturated heterocycles. The Morgan fingerprint density at radius 2 is 1.71 bits per heavy atom. The molecule has 8 heteroatoms. The number of benzene rings is 3. The SMILES string of the molecule is O=C(Nc1csc(-c2cccc(NC(=O)c3cc(Br)ccc3Cl)c2)n1)c1ccccc1. The minimum Gasteiger partial charge on any atom is -0.322 e. The molecule has 0 aliphatic heterocycles. The Kier molecular flexibility index (Phi) is 6.46. The fourth-order valence-electron chi connectivity index (χ4n) is 2.84. The van der Waals surface area contributed by atoms with Crippen molar-refractivity contribution in [2.24, 2.45) is 0 Å². The first-order valence-corrected chi connectivity index (χ1v) is 11.2. The van der Waals surface area contributed by atoms with E-state index < -0.39 is 0 Å². The summed E-state index contributed by atoms with van der Waals surface area (Å²) in [4.78, 5) is 29.4. The summed E-state index contributed by atoms with van der Waals surface area (Å²) in [6, 6.07) is 21.4. The summed E-state index contributed by atoms with van der Waals surface area (Å²) in [5.74, 6) is -0.0491. The summed E-state index contributed by atoms with van der Waals surface area (Å²) in [7, 11) is 0. The van der Waals surface area contributed by atoms with Gasteiger partial charge in [-0.1, -0.05) is 57.9 Å². The van der Waals surface area contributed by atoms with Gasteiger partial charge in [-0.25, -0.2) is 4.98 Å². The van der Waals surface area contributed by atoms with Crippen molar-refractivity contribution in [2.75, 3.05) is 10.6 Å². The van der Waals surface area contributed by atoms with Crippen LogP contribution < -0.4 is 10.6 Å². The molecule has 0 spiro atoms. The number of thiazole rings is 1.